The molecule has 0 aromatic heterocycles. The second-order valence-corrected chi connectivity index (χ2v) is 7.24. The number of hydrogen-bond acceptors (Lipinski definition) is 4. The fraction of sp³-hybridized carbons (Fsp3) is 0.381. The van der Waals surface area contributed by atoms with Gasteiger partial charge in [0.15, 0.2) is 0 Å². The number of benzene rings is 2. The zero-order chi connectivity index (χ0) is 18.8. The molecule has 146 valence electrons. The Labute approximate surface area is 166 Å². The molecule has 1 amide bonds. The minimum atomic E-state index is -0.955. The van der Waals surface area contributed by atoms with Gasteiger partial charge in [0.1, 0.15) is 17.0 Å². The normalized spacial score (nSPS) is 22.9. The predicted molar refractivity (Wildman–Crippen MR) is 110 cm³/mol. The molecule has 0 aliphatic heterocycles. The molecule has 27 heavy (non-hydrogen) atoms. The largest absolute Gasteiger partial charge is 0.457 e. The molecule has 3 rings (SSSR count). The molecular formula is C21H27ClN2O3. The number of amides is 1. The topological polar surface area (TPSA) is 73.6 Å². The van der Waals surface area contributed by atoms with Gasteiger partial charge in [0.2, 0.25) is 5.91 Å². The van der Waals surface area contributed by atoms with E-state index in [2.05, 4.69) is 5.32 Å². The molecule has 1 fully saturated rings. The number of nitrogens with two attached hydrogens (primary N) is 1. The maximum absolute atomic E-state index is 12.8. The van der Waals surface area contributed by atoms with E-state index in [1.165, 1.54) is 0 Å². The van der Waals surface area contributed by atoms with Gasteiger partial charge in [-0.05, 0) is 31.2 Å². The van der Waals surface area contributed by atoms with Crippen molar-refractivity contribution in [2.24, 2.45) is 11.1 Å². The Kier molecular flexibility index (Phi) is 6.52. The molecule has 2 aromatic rings. The summed E-state index contributed by atoms with van der Waals surface area (Å²) in [6.45, 7) is 6.52. The quantitative estimate of drug-likeness (QED) is 0.768. The minimum absolute atomic E-state index is 0. The van der Waals surface area contributed by atoms with Gasteiger partial charge < -0.3 is 20.5 Å². The van der Waals surface area contributed by atoms with Crippen LogP contribution in [0.25, 0.3) is 0 Å². The Balaban J connectivity index is 0.00000261. The first kappa shape index (κ1) is 21.2. The maximum Gasteiger partial charge on any atom is 0.245 e. The molecule has 5 nitrogen and oxygen atoms in total. The molecule has 0 heterocycles. The van der Waals surface area contributed by atoms with Crippen LogP contribution >= 0.6 is 12.4 Å². The van der Waals surface area contributed by atoms with Gasteiger partial charge in [-0.25, -0.2) is 0 Å². The van der Waals surface area contributed by atoms with Gasteiger partial charge in [-0.15, -0.1) is 12.4 Å². The number of nitrogens with one attached hydrogen (secondary N) is 1. The van der Waals surface area contributed by atoms with Crippen LogP contribution in [0, 0.1) is 5.41 Å². The van der Waals surface area contributed by atoms with Crippen molar-refractivity contribution in [3.8, 4) is 11.5 Å². The van der Waals surface area contributed by atoms with Crippen LogP contribution in [0.4, 0.5) is 5.69 Å². The van der Waals surface area contributed by atoms with E-state index in [0.717, 1.165) is 5.75 Å². The number of carbonyl (C=O) groups excluding carboxylic acids is 1. The van der Waals surface area contributed by atoms with Crippen molar-refractivity contribution in [3.05, 3.63) is 54.6 Å². The van der Waals surface area contributed by atoms with Crippen molar-refractivity contribution < 1.29 is 14.3 Å². The highest BCUT2D eigenvalue weighted by Gasteiger charge is 2.62. The monoisotopic (exact) mass is 390 g/mol. The molecule has 0 saturated heterocycles. The zero-order valence-electron chi connectivity index (χ0n) is 15.9. The van der Waals surface area contributed by atoms with E-state index in [4.69, 9.17) is 15.2 Å². The Morgan fingerprint density at radius 3 is 2.44 bits per heavy atom. The summed E-state index contributed by atoms with van der Waals surface area (Å²) in [5.41, 5.74) is 5.71. The van der Waals surface area contributed by atoms with Crippen LogP contribution in [0.1, 0.15) is 27.2 Å². The highest BCUT2D eigenvalue weighted by molar-refractivity contribution is 5.99. The molecule has 1 saturated carbocycles. The van der Waals surface area contributed by atoms with Gasteiger partial charge in [-0.2, -0.15) is 0 Å². The SMILES string of the molecule is CCOC1CC(N)(C(=O)Nc2cccc(Oc3ccccc3)c2)C1(C)C.Cl. The highest BCUT2D eigenvalue weighted by atomic mass is 35.5. The Morgan fingerprint density at radius 2 is 1.81 bits per heavy atom. The average Bonchev–Trinajstić information content (AvgIpc) is 2.62. The first-order valence-corrected chi connectivity index (χ1v) is 8.92. The fourth-order valence-electron chi connectivity index (χ4n) is 3.33. The minimum Gasteiger partial charge on any atom is -0.457 e. The Morgan fingerprint density at radius 1 is 1.15 bits per heavy atom. The number of hydrogen-bond donors (Lipinski definition) is 2. The summed E-state index contributed by atoms with van der Waals surface area (Å²) in [4.78, 5) is 12.8. The third kappa shape index (κ3) is 4.10. The van der Waals surface area contributed by atoms with E-state index in [1.807, 2.05) is 69.3 Å². The number of anilines is 1. The van der Waals surface area contributed by atoms with Crippen LogP contribution in [-0.4, -0.2) is 24.2 Å². The Hall–Kier alpha value is -2.08. The summed E-state index contributed by atoms with van der Waals surface area (Å²) in [5, 5.41) is 2.93. The third-order valence-corrected chi connectivity index (χ3v) is 5.31. The second-order valence-electron chi connectivity index (χ2n) is 7.24. The lowest BCUT2D eigenvalue weighted by Gasteiger charge is -2.57. The molecule has 2 aromatic carbocycles. The van der Waals surface area contributed by atoms with Gasteiger partial charge in [0.05, 0.1) is 6.10 Å². The molecule has 2 atom stereocenters. The van der Waals surface area contributed by atoms with Gasteiger partial charge in [0.25, 0.3) is 0 Å². The van der Waals surface area contributed by atoms with E-state index in [1.54, 1.807) is 6.07 Å². The smallest absolute Gasteiger partial charge is 0.245 e. The molecule has 1 aliphatic carbocycles. The lowest BCUT2D eigenvalue weighted by molar-refractivity contribution is -0.166. The summed E-state index contributed by atoms with van der Waals surface area (Å²) in [6.07, 6.45) is 0.510. The van der Waals surface area contributed by atoms with E-state index in [-0.39, 0.29) is 24.4 Å². The number of halogens is 1. The van der Waals surface area contributed by atoms with E-state index in [9.17, 15) is 4.79 Å². The molecule has 0 spiro atoms. The van der Waals surface area contributed by atoms with E-state index in [0.29, 0.717) is 24.5 Å². The van der Waals surface area contributed by atoms with Crippen molar-refractivity contribution in [1.82, 2.24) is 0 Å². The molecule has 6 heteroatoms. The van der Waals surface area contributed by atoms with Crippen LogP contribution in [-0.2, 0) is 9.53 Å². The highest BCUT2D eigenvalue weighted by Crippen LogP contribution is 2.50. The van der Waals surface area contributed by atoms with Crippen LogP contribution in [0.5, 0.6) is 11.5 Å². The molecule has 1 aliphatic rings. The van der Waals surface area contributed by atoms with Crippen LogP contribution in [0.15, 0.2) is 54.6 Å². The van der Waals surface area contributed by atoms with E-state index < -0.39 is 11.0 Å². The molecule has 0 radical (unpaired) electrons. The molecule has 3 N–H and O–H groups in total. The predicted octanol–water partition coefficient (Wildman–Crippen LogP) is 4.37. The summed E-state index contributed by atoms with van der Waals surface area (Å²) in [7, 11) is 0. The number of ether oxygens (including phenoxy) is 2. The van der Waals surface area contributed by atoms with Crippen LogP contribution in [0.2, 0.25) is 0 Å². The summed E-state index contributed by atoms with van der Waals surface area (Å²) < 4.78 is 11.5. The average molecular weight is 391 g/mol. The number of para-hydroxylation sites is 1. The van der Waals surface area contributed by atoms with Gasteiger partial charge in [-0.1, -0.05) is 38.1 Å². The Bertz CT molecular complexity index is 782. The zero-order valence-corrected chi connectivity index (χ0v) is 16.7. The van der Waals surface area contributed by atoms with E-state index >= 15 is 0 Å². The van der Waals surface area contributed by atoms with Crippen molar-refractivity contribution in [3.63, 3.8) is 0 Å². The van der Waals surface area contributed by atoms with Gasteiger partial charge in [-0.3, -0.25) is 4.79 Å². The standard InChI is InChI=1S/C21H26N2O3.ClH/c1-4-25-18-14-21(22,20(18,2)3)19(24)23-15-9-8-12-17(13-15)26-16-10-6-5-7-11-16;/h5-13,18H,4,14,22H2,1-3H3,(H,23,24);1H. The van der Waals surface area contributed by atoms with Gasteiger partial charge >= 0.3 is 0 Å². The maximum atomic E-state index is 12.8. The molecule has 0 bridgehead atoms. The summed E-state index contributed by atoms with van der Waals surface area (Å²) >= 11 is 0. The summed E-state index contributed by atoms with van der Waals surface area (Å²) in [6, 6.07) is 16.8. The van der Waals surface area contributed by atoms with Crippen molar-refractivity contribution in [2.45, 2.75) is 38.8 Å². The number of rotatable bonds is 6. The third-order valence-electron chi connectivity index (χ3n) is 5.31. The van der Waals surface area contributed by atoms with Crippen molar-refractivity contribution in [1.29, 1.82) is 0 Å². The second kappa shape index (κ2) is 8.30. The lowest BCUT2D eigenvalue weighted by atomic mass is 9.54. The van der Waals surface area contributed by atoms with Gasteiger partial charge in [0, 0.05) is 30.2 Å². The first-order valence-electron chi connectivity index (χ1n) is 8.92. The van der Waals surface area contributed by atoms with Crippen LogP contribution < -0.4 is 15.8 Å². The van der Waals surface area contributed by atoms with Crippen molar-refractivity contribution >= 4 is 24.0 Å². The fourth-order valence-corrected chi connectivity index (χ4v) is 3.33. The summed E-state index contributed by atoms with van der Waals surface area (Å²) in [5.74, 6) is 1.20. The molecule has 2 unspecified atom stereocenters. The number of carbonyl (C=O) groups is 1. The first-order chi connectivity index (χ1) is 12.4. The van der Waals surface area contributed by atoms with Crippen LogP contribution in [0.3, 0.4) is 0 Å². The molecular weight excluding hydrogens is 364 g/mol. The lowest BCUT2D eigenvalue weighted by Crippen LogP contribution is -2.74. The van der Waals surface area contributed by atoms with Crippen molar-refractivity contribution in [2.75, 3.05) is 11.9 Å².